The molecule has 1 N–H and O–H groups in total. The summed E-state index contributed by atoms with van der Waals surface area (Å²) in [6.07, 6.45) is 0. The molecule has 0 bridgehead atoms. The molecule has 0 aliphatic rings. The summed E-state index contributed by atoms with van der Waals surface area (Å²) in [5.74, 6) is -1.06. The van der Waals surface area contributed by atoms with Gasteiger partial charge in [-0.1, -0.05) is 23.2 Å². The summed E-state index contributed by atoms with van der Waals surface area (Å²) in [4.78, 5) is 22.9. The van der Waals surface area contributed by atoms with Gasteiger partial charge in [-0.15, -0.1) is 0 Å². The number of rotatable bonds is 6. The fourth-order valence-electron chi connectivity index (χ4n) is 1.23. The van der Waals surface area contributed by atoms with E-state index >= 15 is 0 Å². The second-order valence-corrected chi connectivity index (χ2v) is 4.45. The maximum absolute atomic E-state index is 11.6. The third kappa shape index (κ3) is 5.92. The number of ether oxygens (including phenoxy) is 2. The van der Waals surface area contributed by atoms with Crippen LogP contribution in [0.25, 0.3) is 0 Å². The molecule has 1 aromatic carbocycles. The second-order valence-electron chi connectivity index (χ2n) is 3.58. The summed E-state index contributed by atoms with van der Waals surface area (Å²) in [5, 5.41) is 3.17. The van der Waals surface area contributed by atoms with E-state index in [1.165, 1.54) is 25.3 Å². The number of methoxy groups -OCH3 is 1. The first kappa shape index (κ1) is 15.8. The van der Waals surface area contributed by atoms with Crippen molar-refractivity contribution in [3.05, 3.63) is 33.8 Å². The van der Waals surface area contributed by atoms with E-state index in [2.05, 4.69) is 5.32 Å². The summed E-state index contributed by atoms with van der Waals surface area (Å²) in [6, 6.07) is 4.33. The van der Waals surface area contributed by atoms with E-state index in [0.29, 0.717) is 23.2 Å². The molecule has 0 aliphatic heterocycles. The summed E-state index contributed by atoms with van der Waals surface area (Å²) in [6.45, 7) is 0.381. The van der Waals surface area contributed by atoms with Crippen molar-refractivity contribution in [2.75, 3.05) is 26.9 Å². The Bertz CT molecular complexity index is 445. The topological polar surface area (TPSA) is 64.6 Å². The van der Waals surface area contributed by atoms with Gasteiger partial charge >= 0.3 is 5.97 Å². The number of hydrogen-bond donors (Lipinski definition) is 1. The van der Waals surface area contributed by atoms with Gasteiger partial charge in [0.1, 0.15) is 0 Å². The SMILES string of the molecule is COCCNC(=O)COC(=O)c1cc(Cl)cc(Cl)c1. The van der Waals surface area contributed by atoms with Crippen LogP contribution in [0.2, 0.25) is 10.0 Å². The molecule has 5 nitrogen and oxygen atoms in total. The van der Waals surface area contributed by atoms with E-state index in [-0.39, 0.29) is 12.2 Å². The van der Waals surface area contributed by atoms with E-state index < -0.39 is 11.9 Å². The molecule has 0 saturated carbocycles. The maximum Gasteiger partial charge on any atom is 0.338 e. The highest BCUT2D eigenvalue weighted by molar-refractivity contribution is 6.35. The van der Waals surface area contributed by atoms with Crippen LogP contribution >= 0.6 is 23.2 Å². The van der Waals surface area contributed by atoms with Crippen LogP contribution in [0.4, 0.5) is 0 Å². The second kappa shape index (κ2) is 7.99. The molecule has 1 aromatic rings. The Hall–Kier alpha value is -1.30. The summed E-state index contributed by atoms with van der Waals surface area (Å²) >= 11 is 11.5. The third-order valence-electron chi connectivity index (χ3n) is 2.06. The van der Waals surface area contributed by atoms with E-state index in [4.69, 9.17) is 32.7 Å². The fourth-order valence-corrected chi connectivity index (χ4v) is 1.76. The lowest BCUT2D eigenvalue weighted by Gasteiger charge is -2.06. The zero-order valence-corrected chi connectivity index (χ0v) is 11.8. The van der Waals surface area contributed by atoms with Crippen LogP contribution in [-0.4, -0.2) is 38.7 Å². The molecule has 0 saturated heterocycles. The highest BCUT2D eigenvalue weighted by Crippen LogP contribution is 2.19. The fraction of sp³-hybridized carbons (Fsp3) is 0.333. The molecule has 0 spiro atoms. The van der Waals surface area contributed by atoms with Gasteiger partial charge in [-0.3, -0.25) is 4.79 Å². The lowest BCUT2D eigenvalue weighted by molar-refractivity contribution is -0.124. The normalized spacial score (nSPS) is 10.1. The molecule has 0 unspecified atom stereocenters. The summed E-state index contributed by atoms with van der Waals surface area (Å²) in [7, 11) is 1.52. The standard InChI is InChI=1S/C12H13Cl2NO4/c1-18-3-2-15-11(16)7-19-12(17)8-4-9(13)6-10(14)5-8/h4-6H,2-3,7H2,1H3,(H,15,16). The Labute approximate surface area is 120 Å². The van der Waals surface area contributed by atoms with Crippen LogP contribution in [0.3, 0.4) is 0 Å². The molecule has 7 heteroatoms. The predicted octanol–water partition coefficient (Wildman–Crippen LogP) is 1.91. The first-order valence-corrected chi connectivity index (χ1v) is 6.17. The molecule has 1 amide bonds. The number of carbonyl (C=O) groups excluding carboxylic acids is 2. The first-order valence-electron chi connectivity index (χ1n) is 5.42. The third-order valence-corrected chi connectivity index (χ3v) is 2.50. The Kier molecular flexibility index (Phi) is 6.62. The predicted molar refractivity (Wildman–Crippen MR) is 71.6 cm³/mol. The average Bonchev–Trinajstić information content (AvgIpc) is 2.35. The number of halogens is 2. The average molecular weight is 306 g/mol. The Morgan fingerprint density at radius 2 is 1.84 bits per heavy atom. The van der Waals surface area contributed by atoms with E-state index in [1.54, 1.807) is 0 Å². The van der Waals surface area contributed by atoms with E-state index in [1.807, 2.05) is 0 Å². The van der Waals surface area contributed by atoms with Crippen LogP contribution in [0, 0.1) is 0 Å². The molecule has 0 radical (unpaired) electrons. The lowest BCUT2D eigenvalue weighted by Crippen LogP contribution is -2.31. The zero-order valence-electron chi connectivity index (χ0n) is 10.2. The molecule has 0 fully saturated rings. The van der Waals surface area contributed by atoms with Crippen molar-refractivity contribution in [3.8, 4) is 0 Å². The van der Waals surface area contributed by atoms with Gasteiger partial charge in [0.05, 0.1) is 12.2 Å². The number of esters is 1. The smallest absolute Gasteiger partial charge is 0.338 e. The van der Waals surface area contributed by atoms with Gasteiger partial charge in [0.15, 0.2) is 6.61 Å². The zero-order chi connectivity index (χ0) is 14.3. The van der Waals surface area contributed by atoms with Crippen molar-refractivity contribution in [1.82, 2.24) is 5.32 Å². The molecule has 104 valence electrons. The Morgan fingerprint density at radius 1 is 1.21 bits per heavy atom. The van der Waals surface area contributed by atoms with Crippen molar-refractivity contribution >= 4 is 35.1 Å². The van der Waals surface area contributed by atoms with Gasteiger partial charge in [-0.25, -0.2) is 4.79 Å². The number of nitrogens with one attached hydrogen (secondary N) is 1. The minimum atomic E-state index is -0.661. The monoisotopic (exact) mass is 305 g/mol. The van der Waals surface area contributed by atoms with E-state index in [0.717, 1.165) is 0 Å². The van der Waals surface area contributed by atoms with Crippen molar-refractivity contribution in [2.45, 2.75) is 0 Å². The minimum absolute atomic E-state index is 0.196. The van der Waals surface area contributed by atoms with Crippen LogP contribution in [0.15, 0.2) is 18.2 Å². The van der Waals surface area contributed by atoms with E-state index in [9.17, 15) is 9.59 Å². The van der Waals surface area contributed by atoms with Gasteiger partial charge in [-0.05, 0) is 18.2 Å². The molecule has 0 atom stereocenters. The molecular formula is C12H13Cl2NO4. The number of benzene rings is 1. The Balaban J connectivity index is 2.44. The van der Waals surface area contributed by atoms with Gasteiger partial charge in [0, 0.05) is 23.7 Å². The number of amides is 1. The minimum Gasteiger partial charge on any atom is -0.452 e. The summed E-state index contributed by atoms with van der Waals surface area (Å²) in [5.41, 5.74) is 0.196. The van der Waals surface area contributed by atoms with Gasteiger partial charge in [0.25, 0.3) is 5.91 Å². The molecule has 0 aromatic heterocycles. The van der Waals surface area contributed by atoms with Crippen LogP contribution in [0.1, 0.15) is 10.4 Å². The van der Waals surface area contributed by atoms with Crippen LogP contribution in [0.5, 0.6) is 0 Å². The number of hydrogen-bond acceptors (Lipinski definition) is 4. The quantitative estimate of drug-likeness (QED) is 0.644. The highest BCUT2D eigenvalue weighted by atomic mass is 35.5. The molecular weight excluding hydrogens is 293 g/mol. The van der Waals surface area contributed by atoms with Crippen LogP contribution in [-0.2, 0) is 14.3 Å². The van der Waals surface area contributed by atoms with Crippen molar-refractivity contribution in [1.29, 1.82) is 0 Å². The largest absolute Gasteiger partial charge is 0.452 e. The maximum atomic E-state index is 11.6. The van der Waals surface area contributed by atoms with Crippen molar-refractivity contribution < 1.29 is 19.1 Å². The molecule has 0 heterocycles. The van der Waals surface area contributed by atoms with Crippen molar-refractivity contribution in [2.24, 2.45) is 0 Å². The highest BCUT2D eigenvalue weighted by Gasteiger charge is 2.11. The molecule has 0 aliphatic carbocycles. The lowest BCUT2D eigenvalue weighted by atomic mass is 10.2. The molecule has 19 heavy (non-hydrogen) atoms. The molecule has 1 rings (SSSR count). The Morgan fingerprint density at radius 3 is 2.42 bits per heavy atom. The van der Waals surface area contributed by atoms with Crippen molar-refractivity contribution in [3.63, 3.8) is 0 Å². The summed E-state index contributed by atoms with van der Waals surface area (Å²) < 4.78 is 9.58. The first-order chi connectivity index (χ1) is 9.02. The van der Waals surface area contributed by atoms with Crippen LogP contribution < -0.4 is 5.32 Å². The van der Waals surface area contributed by atoms with Gasteiger partial charge < -0.3 is 14.8 Å². The van der Waals surface area contributed by atoms with Gasteiger partial charge in [0.2, 0.25) is 0 Å². The van der Waals surface area contributed by atoms with Gasteiger partial charge in [-0.2, -0.15) is 0 Å². The number of carbonyl (C=O) groups is 2.